The molecule has 1 amide bonds. The van der Waals surface area contributed by atoms with Crippen molar-refractivity contribution in [1.29, 1.82) is 0 Å². The van der Waals surface area contributed by atoms with Crippen molar-refractivity contribution in [3.05, 3.63) is 30.1 Å². The fourth-order valence-electron chi connectivity index (χ4n) is 3.25. The lowest BCUT2D eigenvalue weighted by Crippen LogP contribution is -2.34. The zero-order valence-electron chi connectivity index (χ0n) is 12.2. The van der Waals surface area contributed by atoms with Crippen LogP contribution in [0.1, 0.15) is 25.0 Å². The van der Waals surface area contributed by atoms with Gasteiger partial charge in [0.25, 0.3) is 0 Å². The Labute approximate surface area is 138 Å². The van der Waals surface area contributed by atoms with E-state index in [1.54, 1.807) is 6.20 Å². The first kappa shape index (κ1) is 18.2. The van der Waals surface area contributed by atoms with Gasteiger partial charge in [-0.15, -0.1) is 24.8 Å². The van der Waals surface area contributed by atoms with Crippen molar-refractivity contribution in [2.24, 2.45) is 11.3 Å². The number of aromatic nitrogens is 1. The van der Waals surface area contributed by atoms with Crippen molar-refractivity contribution < 1.29 is 4.79 Å². The zero-order valence-corrected chi connectivity index (χ0v) is 13.9. The highest BCUT2D eigenvalue weighted by Crippen LogP contribution is 2.59. The SMILES string of the molecule is CN(Cc1ccccn1)C(=O)C1CC12CCNCC2.Cl.Cl. The lowest BCUT2D eigenvalue weighted by Gasteiger charge is -2.25. The molecule has 2 fully saturated rings. The molecule has 1 aromatic rings. The number of hydrogen-bond acceptors (Lipinski definition) is 3. The van der Waals surface area contributed by atoms with E-state index in [-0.39, 0.29) is 30.7 Å². The van der Waals surface area contributed by atoms with Crippen molar-refractivity contribution >= 4 is 30.7 Å². The van der Waals surface area contributed by atoms with Crippen molar-refractivity contribution in [1.82, 2.24) is 15.2 Å². The number of nitrogens with zero attached hydrogens (tertiary/aromatic N) is 2. The van der Waals surface area contributed by atoms with Gasteiger partial charge in [0.1, 0.15) is 0 Å². The second-order valence-electron chi connectivity index (χ2n) is 5.88. The van der Waals surface area contributed by atoms with E-state index in [0.717, 1.165) is 38.0 Å². The van der Waals surface area contributed by atoms with E-state index in [0.29, 0.717) is 17.9 Å². The van der Waals surface area contributed by atoms with E-state index in [2.05, 4.69) is 10.3 Å². The molecule has 6 heteroatoms. The van der Waals surface area contributed by atoms with Gasteiger partial charge in [0.2, 0.25) is 5.91 Å². The zero-order chi connectivity index (χ0) is 13.3. The maximum Gasteiger partial charge on any atom is 0.226 e. The lowest BCUT2D eigenvalue weighted by atomic mass is 9.91. The monoisotopic (exact) mass is 331 g/mol. The van der Waals surface area contributed by atoms with Crippen molar-refractivity contribution in [2.75, 3.05) is 20.1 Å². The van der Waals surface area contributed by atoms with Gasteiger partial charge in [0, 0.05) is 19.2 Å². The first-order valence-electron chi connectivity index (χ1n) is 7.07. The highest BCUT2D eigenvalue weighted by molar-refractivity contribution is 5.85. The Bertz CT molecular complexity index is 463. The van der Waals surface area contributed by atoms with E-state index in [1.807, 2.05) is 30.1 Å². The molecule has 4 nitrogen and oxygen atoms in total. The molecule has 1 saturated carbocycles. The average Bonchev–Trinajstić information content (AvgIpc) is 3.13. The van der Waals surface area contributed by atoms with Gasteiger partial charge in [0.15, 0.2) is 0 Å². The molecule has 0 radical (unpaired) electrons. The molecule has 1 unspecified atom stereocenters. The van der Waals surface area contributed by atoms with Crippen molar-refractivity contribution in [3.8, 4) is 0 Å². The van der Waals surface area contributed by atoms with Crippen LogP contribution in [0.4, 0.5) is 0 Å². The summed E-state index contributed by atoms with van der Waals surface area (Å²) in [5, 5.41) is 3.37. The van der Waals surface area contributed by atoms with Gasteiger partial charge in [-0.3, -0.25) is 9.78 Å². The summed E-state index contributed by atoms with van der Waals surface area (Å²) in [6.07, 6.45) is 5.17. The average molecular weight is 332 g/mol. The second kappa shape index (κ2) is 7.43. The number of pyridine rings is 1. The molecule has 118 valence electrons. The molecule has 1 aromatic heterocycles. The molecule has 1 aliphatic carbocycles. The number of piperidine rings is 1. The van der Waals surface area contributed by atoms with Crippen LogP contribution in [0.25, 0.3) is 0 Å². The predicted octanol–water partition coefficient (Wildman–Crippen LogP) is 2.27. The minimum Gasteiger partial charge on any atom is -0.340 e. The van der Waals surface area contributed by atoms with E-state index < -0.39 is 0 Å². The van der Waals surface area contributed by atoms with E-state index in [1.165, 1.54) is 0 Å². The number of amides is 1. The summed E-state index contributed by atoms with van der Waals surface area (Å²) in [6.45, 7) is 2.74. The Morgan fingerprint density at radius 2 is 2.10 bits per heavy atom. The number of carbonyl (C=O) groups is 1. The molecular weight excluding hydrogens is 309 g/mol. The largest absolute Gasteiger partial charge is 0.340 e. The molecule has 0 aromatic carbocycles. The lowest BCUT2D eigenvalue weighted by molar-refractivity contribution is -0.132. The quantitative estimate of drug-likeness (QED) is 0.924. The van der Waals surface area contributed by atoms with Crippen molar-refractivity contribution in [3.63, 3.8) is 0 Å². The number of rotatable bonds is 3. The van der Waals surface area contributed by atoms with Gasteiger partial charge in [-0.25, -0.2) is 0 Å². The molecule has 2 heterocycles. The summed E-state index contributed by atoms with van der Waals surface area (Å²) in [5.74, 6) is 0.552. The van der Waals surface area contributed by atoms with Gasteiger partial charge in [-0.05, 0) is 49.9 Å². The second-order valence-corrected chi connectivity index (χ2v) is 5.88. The molecule has 21 heavy (non-hydrogen) atoms. The Morgan fingerprint density at radius 3 is 2.71 bits per heavy atom. The van der Waals surface area contributed by atoms with Crippen molar-refractivity contribution in [2.45, 2.75) is 25.8 Å². The molecule has 1 saturated heterocycles. The topological polar surface area (TPSA) is 45.2 Å². The number of nitrogens with one attached hydrogen (secondary N) is 1. The minimum atomic E-state index is 0. The Balaban J connectivity index is 0.00000110. The van der Waals surface area contributed by atoms with Crippen LogP contribution in [0.3, 0.4) is 0 Å². The van der Waals surface area contributed by atoms with Gasteiger partial charge >= 0.3 is 0 Å². The molecule has 3 rings (SSSR count). The molecule has 2 aliphatic rings. The van der Waals surface area contributed by atoms with Crippen LogP contribution in [0.5, 0.6) is 0 Å². The highest BCUT2D eigenvalue weighted by Gasteiger charge is 2.58. The number of carbonyl (C=O) groups excluding carboxylic acids is 1. The standard InChI is InChI=1S/C15H21N3O.2ClH/c1-18(11-12-4-2-3-7-17-12)14(19)13-10-15(13)5-8-16-9-6-15;;/h2-4,7,13,16H,5-6,8-11H2,1H3;2*1H. The van der Waals surface area contributed by atoms with Crippen LogP contribution in [-0.4, -0.2) is 35.9 Å². The first-order valence-corrected chi connectivity index (χ1v) is 7.07. The predicted molar refractivity (Wildman–Crippen MR) is 87.9 cm³/mol. The number of halogens is 2. The number of hydrogen-bond donors (Lipinski definition) is 1. The highest BCUT2D eigenvalue weighted by atomic mass is 35.5. The summed E-state index contributed by atoms with van der Waals surface area (Å²) in [4.78, 5) is 18.6. The maximum absolute atomic E-state index is 12.5. The van der Waals surface area contributed by atoms with E-state index in [9.17, 15) is 4.79 Å². The van der Waals surface area contributed by atoms with Crippen LogP contribution in [0.2, 0.25) is 0 Å². The Kier molecular flexibility index (Phi) is 6.44. The molecular formula is C15H23Cl2N3O. The smallest absolute Gasteiger partial charge is 0.226 e. The van der Waals surface area contributed by atoms with Crippen LogP contribution in [0.15, 0.2) is 24.4 Å². The van der Waals surface area contributed by atoms with Crippen LogP contribution in [0, 0.1) is 11.3 Å². The summed E-state index contributed by atoms with van der Waals surface area (Å²) >= 11 is 0. The van der Waals surface area contributed by atoms with Crippen LogP contribution in [-0.2, 0) is 11.3 Å². The molecule has 1 aliphatic heterocycles. The summed E-state index contributed by atoms with van der Waals surface area (Å²) in [6, 6.07) is 5.83. The summed E-state index contributed by atoms with van der Waals surface area (Å²) in [7, 11) is 1.89. The third-order valence-corrected chi connectivity index (χ3v) is 4.59. The molecule has 1 spiro atoms. The fraction of sp³-hybridized carbons (Fsp3) is 0.600. The third kappa shape index (κ3) is 3.87. The van der Waals surface area contributed by atoms with Crippen LogP contribution >= 0.6 is 24.8 Å². The first-order chi connectivity index (χ1) is 9.21. The van der Waals surface area contributed by atoms with Gasteiger partial charge in [-0.1, -0.05) is 6.07 Å². The molecule has 1 atom stereocenters. The fourth-order valence-corrected chi connectivity index (χ4v) is 3.25. The van der Waals surface area contributed by atoms with Gasteiger partial charge < -0.3 is 10.2 Å². The molecule has 0 bridgehead atoms. The summed E-state index contributed by atoms with van der Waals surface area (Å²) in [5.41, 5.74) is 1.28. The minimum absolute atomic E-state index is 0. The van der Waals surface area contributed by atoms with E-state index >= 15 is 0 Å². The third-order valence-electron chi connectivity index (χ3n) is 4.59. The van der Waals surface area contributed by atoms with Crippen LogP contribution < -0.4 is 5.32 Å². The molecule has 1 N–H and O–H groups in total. The Morgan fingerprint density at radius 1 is 1.38 bits per heavy atom. The van der Waals surface area contributed by atoms with Gasteiger partial charge in [-0.2, -0.15) is 0 Å². The normalized spacial score (nSPS) is 21.9. The summed E-state index contributed by atoms with van der Waals surface area (Å²) < 4.78 is 0. The van der Waals surface area contributed by atoms with E-state index in [4.69, 9.17) is 0 Å². The maximum atomic E-state index is 12.5. The van der Waals surface area contributed by atoms with Gasteiger partial charge in [0.05, 0.1) is 12.2 Å². The Hall–Kier alpha value is -0.840.